The minimum Gasteiger partial charge on any atom is -0.488 e. The molecule has 1 amide bonds. The number of nitrogens with zero attached hydrogens (tertiary/aromatic N) is 1. The number of nitrogens with one attached hydrogen (secondary N) is 1. The first kappa shape index (κ1) is 22.1. The number of benzene rings is 3. The number of amides is 1. The number of ether oxygens (including phenoxy) is 1. The van der Waals surface area contributed by atoms with E-state index < -0.39 is 5.91 Å². The summed E-state index contributed by atoms with van der Waals surface area (Å²) < 4.78 is 5.95. The summed E-state index contributed by atoms with van der Waals surface area (Å²) in [5.41, 5.74) is 5.32. The zero-order valence-corrected chi connectivity index (χ0v) is 18.5. The Hall–Kier alpha value is -3.55. The molecule has 0 atom stereocenters. The first-order valence-electron chi connectivity index (χ1n) is 9.84. The van der Waals surface area contributed by atoms with Gasteiger partial charge in [0.1, 0.15) is 24.0 Å². The summed E-state index contributed by atoms with van der Waals surface area (Å²) in [6.45, 7) is 6.23. The van der Waals surface area contributed by atoms with Crippen LogP contribution in [0.1, 0.15) is 27.8 Å². The van der Waals surface area contributed by atoms with E-state index in [2.05, 4.69) is 5.32 Å². The molecular weight excluding hydrogens is 408 g/mol. The molecule has 0 radical (unpaired) electrons. The van der Waals surface area contributed by atoms with Gasteiger partial charge < -0.3 is 10.1 Å². The van der Waals surface area contributed by atoms with Crippen molar-refractivity contribution in [1.29, 1.82) is 5.26 Å². The Kier molecular flexibility index (Phi) is 7.12. The Morgan fingerprint density at radius 3 is 2.45 bits per heavy atom. The Labute approximate surface area is 187 Å². The molecular formula is C26H23ClN2O2. The SMILES string of the molecule is Cc1ccc(COc2ccc(Cl)cc2/C=C(\C#N)C(=O)Nc2cc(C)ccc2C)cc1. The molecule has 0 heterocycles. The molecule has 0 aliphatic heterocycles. The second-order valence-corrected chi connectivity index (χ2v) is 7.84. The third-order valence-corrected chi connectivity index (χ3v) is 5.03. The molecule has 3 rings (SSSR count). The first-order valence-corrected chi connectivity index (χ1v) is 10.2. The van der Waals surface area contributed by atoms with Crippen molar-refractivity contribution < 1.29 is 9.53 Å². The van der Waals surface area contributed by atoms with Crippen LogP contribution in [0.5, 0.6) is 5.75 Å². The van der Waals surface area contributed by atoms with Crippen molar-refractivity contribution >= 4 is 29.3 Å². The van der Waals surface area contributed by atoms with Crippen molar-refractivity contribution in [2.75, 3.05) is 5.32 Å². The molecule has 0 aliphatic carbocycles. The highest BCUT2D eigenvalue weighted by Crippen LogP contribution is 2.27. The summed E-state index contributed by atoms with van der Waals surface area (Å²) in [5.74, 6) is 0.0536. The van der Waals surface area contributed by atoms with Crippen LogP contribution in [0, 0.1) is 32.1 Å². The Morgan fingerprint density at radius 1 is 1.03 bits per heavy atom. The van der Waals surface area contributed by atoms with E-state index in [-0.39, 0.29) is 5.57 Å². The molecule has 156 valence electrons. The molecule has 0 unspecified atom stereocenters. The minimum absolute atomic E-state index is 0.0386. The molecule has 0 aromatic heterocycles. The van der Waals surface area contributed by atoms with Crippen LogP contribution in [0.4, 0.5) is 5.69 Å². The average Bonchev–Trinajstić information content (AvgIpc) is 2.75. The van der Waals surface area contributed by atoms with E-state index >= 15 is 0 Å². The average molecular weight is 431 g/mol. The molecule has 0 saturated carbocycles. The van der Waals surface area contributed by atoms with Crippen LogP contribution in [-0.4, -0.2) is 5.91 Å². The van der Waals surface area contributed by atoms with Gasteiger partial charge in [-0.15, -0.1) is 0 Å². The summed E-state index contributed by atoms with van der Waals surface area (Å²) in [6.07, 6.45) is 1.50. The minimum atomic E-state index is -0.485. The fraction of sp³-hybridized carbons (Fsp3) is 0.154. The van der Waals surface area contributed by atoms with Crippen LogP contribution in [-0.2, 0) is 11.4 Å². The lowest BCUT2D eigenvalue weighted by Crippen LogP contribution is -2.14. The molecule has 0 bridgehead atoms. The molecule has 0 saturated heterocycles. The maximum Gasteiger partial charge on any atom is 0.266 e. The summed E-state index contributed by atoms with van der Waals surface area (Å²) in [4.78, 5) is 12.7. The van der Waals surface area contributed by atoms with Gasteiger partial charge in [0.2, 0.25) is 0 Å². The maximum absolute atomic E-state index is 12.7. The van der Waals surface area contributed by atoms with Gasteiger partial charge in [-0.25, -0.2) is 0 Å². The van der Waals surface area contributed by atoms with Gasteiger partial charge in [0.05, 0.1) is 0 Å². The van der Waals surface area contributed by atoms with E-state index in [0.717, 1.165) is 16.7 Å². The topological polar surface area (TPSA) is 62.1 Å². The molecule has 0 spiro atoms. The third-order valence-electron chi connectivity index (χ3n) is 4.79. The van der Waals surface area contributed by atoms with E-state index in [1.54, 1.807) is 18.2 Å². The number of hydrogen-bond acceptors (Lipinski definition) is 3. The van der Waals surface area contributed by atoms with Gasteiger partial charge in [-0.05, 0) is 67.8 Å². The van der Waals surface area contributed by atoms with Crippen molar-refractivity contribution in [3.8, 4) is 11.8 Å². The highest BCUT2D eigenvalue weighted by atomic mass is 35.5. The lowest BCUT2D eigenvalue weighted by atomic mass is 10.1. The Bertz CT molecular complexity index is 1180. The van der Waals surface area contributed by atoms with Crippen molar-refractivity contribution in [2.45, 2.75) is 27.4 Å². The van der Waals surface area contributed by atoms with Gasteiger partial charge in [-0.1, -0.05) is 53.6 Å². The fourth-order valence-electron chi connectivity index (χ4n) is 2.97. The van der Waals surface area contributed by atoms with Crippen LogP contribution in [0.3, 0.4) is 0 Å². The van der Waals surface area contributed by atoms with Crippen LogP contribution < -0.4 is 10.1 Å². The third kappa shape index (κ3) is 5.97. The zero-order valence-electron chi connectivity index (χ0n) is 17.7. The summed E-state index contributed by atoms with van der Waals surface area (Å²) in [5, 5.41) is 12.9. The Balaban J connectivity index is 1.84. The molecule has 4 nitrogen and oxygen atoms in total. The van der Waals surface area contributed by atoms with Crippen LogP contribution in [0.25, 0.3) is 6.08 Å². The largest absolute Gasteiger partial charge is 0.488 e. The van der Waals surface area contributed by atoms with Crippen LogP contribution >= 0.6 is 11.6 Å². The highest BCUT2D eigenvalue weighted by molar-refractivity contribution is 6.30. The number of carbonyl (C=O) groups is 1. The lowest BCUT2D eigenvalue weighted by Gasteiger charge is -2.11. The number of nitriles is 1. The van der Waals surface area contributed by atoms with Crippen molar-refractivity contribution in [3.63, 3.8) is 0 Å². The maximum atomic E-state index is 12.7. The quantitative estimate of drug-likeness (QED) is 0.364. The summed E-state index contributed by atoms with van der Waals surface area (Å²) in [6, 6.07) is 20.9. The van der Waals surface area contributed by atoms with E-state index in [4.69, 9.17) is 16.3 Å². The molecule has 31 heavy (non-hydrogen) atoms. The molecule has 0 aliphatic rings. The second kappa shape index (κ2) is 9.97. The van der Waals surface area contributed by atoms with E-state index in [1.807, 2.05) is 69.3 Å². The number of halogens is 1. The van der Waals surface area contributed by atoms with Gasteiger partial charge in [-0.2, -0.15) is 5.26 Å². The lowest BCUT2D eigenvalue weighted by molar-refractivity contribution is -0.112. The monoisotopic (exact) mass is 430 g/mol. The van der Waals surface area contributed by atoms with E-state index in [9.17, 15) is 10.1 Å². The molecule has 5 heteroatoms. The predicted molar refractivity (Wildman–Crippen MR) is 125 cm³/mol. The van der Waals surface area contributed by atoms with Gasteiger partial charge in [0.25, 0.3) is 5.91 Å². The Morgan fingerprint density at radius 2 is 1.74 bits per heavy atom. The molecule has 3 aromatic rings. The van der Waals surface area contributed by atoms with Gasteiger partial charge in [0, 0.05) is 16.3 Å². The predicted octanol–water partition coefficient (Wildman–Crippen LogP) is 6.39. The highest BCUT2D eigenvalue weighted by Gasteiger charge is 2.13. The first-order chi connectivity index (χ1) is 14.9. The number of carbonyl (C=O) groups excluding carboxylic acids is 1. The second-order valence-electron chi connectivity index (χ2n) is 7.40. The van der Waals surface area contributed by atoms with Crippen molar-refractivity contribution in [2.24, 2.45) is 0 Å². The van der Waals surface area contributed by atoms with Gasteiger partial charge in [-0.3, -0.25) is 4.79 Å². The standard InChI is InChI=1S/C26H23ClN2O2/c1-17-5-8-20(9-6-17)16-31-25-11-10-23(27)14-21(25)13-22(15-28)26(30)29-24-12-18(2)4-7-19(24)3/h4-14H,16H2,1-3H3,(H,29,30)/b22-13+. The van der Waals surface area contributed by atoms with Crippen LogP contribution in [0.2, 0.25) is 5.02 Å². The fourth-order valence-corrected chi connectivity index (χ4v) is 3.15. The van der Waals surface area contributed by atoms with Gasteiger partial charge >= 0.3 is 0 Å². The zero-order chi connectivity index (χ0) is 22.4. The van der Waals surface area contributed by atoms with E-state index in [0.29, 0.717) is 28.6 Å². The van der Waals surface area contributed by atoms with Crippen molar-refractivity contribution in [3.05, 3.63) is 99.1 Å². The molecule has 3 aromatic carbocycles. The molecule has 1 N–H and O–H groups in total. The number of aryl methyl sites for hydroxylation is 3. The van der Waals surface area contributed by atoms with Crippen molar-refractivity contribution in [1.82, 2.24) is 0 Å². The summed E-state index contributed by atoms with van der Waals surface area (Å²) >= 11 is 6.16. The van der Waals surface area contributed by atoms with Gasteiger partial charge in [0.15, 0.2) is 0 Å². The molecule has 0 fully saturated rings. The summed E-state index contributed by atoms with van der Waals surface area (Å²) in [7, 11) is 0. The smallest absolute Gasteiger partial charge is 0.266 e. The van der Waals surface area contributed by atoms with E-state index in [1.165, 1.54) is 11.6 Å². The van der Waals surface area contributed by atoms with Crippen LogP contribution in [0.15, 0.2) is 66.2 Å². The number of hydrogen-bond donors (Lipinski definition) is 1. The number of rotatable bonds is 6. The number of anilines is 1. The normalized spacial score (nSPS) is 11.0.